The van der Waals surface area contributed by atoms with Crippen molar-refractivity contribution in [2.24, 2.45) is 0 Å². The van der Waals surface area contributed by atoms with Gasteiger partial charge in [-0.25, -0.2) is 4.98 Å². The van der Waals surface area contributed by atoms with Gasteiger partial charge in [0, 0.05) is 16.7 Å². The lowest BCUT2D eigenvalue weighted by molar-refractivity contribution is 0.311. The molecule has 0 spiro atoms. The van der Waals surface area contributed by atoms with E-state index in [4.69, 9.17) is 14.5 Å². The first kappa shape index (κ1) is 20.1. The molecular weight excluding hydrogens is 392 g/mol. The highest BCUT2D eigenvalue weighted by atomic mass is 32.2. The Bertz CT molecular complexity index is 1030. The molecule has 28 heavy (non-hydrogen) atoms. The zero-order chi connectivity index (χ0) is 20.1. The lowest BCUT2D eigenvalue weighted by Crippen LogP contribution is -1.99. The average molecular weight is 413 g/mol. The molecule has 0 bridgehead atoms. The second kappa shape index (κ2) is 9.04. The van der Waals surface area contributed by atoms with Crippen LogP contribution in [-0.4, -0.2) is 28.9 Å². The normalized spacial score (nSPS) is 10.5. The number of hydrogen-bond acceptors (Lipinski definition) is 8. The first-order valence-electron chi connectivity index (χ1n) is 8.69. The fraction of sp³-hybridized carbons (Fsp3) is 0.300. The lowest BCUT2D eigenvalue weighted by Gasteiger charge is -2.09. The average Bonchev–Trinajstić information content (AvgIpc) is 3.18. The van der Waals surface area contributed by atoms with Crippen LogP contribution < -0.4 is 9.47 Å². The monoisotopic (exact) mass is 412 g/mol. The van der Waals surface area contributed by atoms with Gasteiger partial charge in [-0.15, -0.1) is 16.4 Å². The lowest BCUT2D eigenvalue weighted by atomic mass is 10.1. The third-order valence-corrected chi connectivity index (χ3v) is 6.09. The fourth-order valence-electron chi connectivity index (χ4n) is 2.54. The second-order valence-electron chi connectivity index (χ2n) is 5.93. The van der Waals surface area contributed by atoms with Gasteiger partial charge in [-0.3, -0.25) is 0 Å². The SMILES string of the molecule is CCOc1ccc(-c2nc(CSc3nnc(C)c(C)c3C#N)cs2)cc1OC. The minimum absolute atomic E-state index is 0.584. The van der Waals surface area contributed by atoms with E-state index in [9.17, 15) is 5.26 Å². The molecular formula is C20H20N4O2S2. The molecule has 2 heterocycles. The molecule has 0 radical (unpaired) electrons. The van der Waals surface area contributed by atoms with Crippen molar-refractivity contribution in [3.05, 3.63) is 46.1 Å². The Kier molecular flexibility index (Phi) is 6.49. The van der Waals surface area contributed by atoms with E-state index in [1.807, 2.05) is 44.4 Å². The molecule has 3 aromatic rings. The standard InChI is InChI=1S/C20H20N4O2S2/c1-5-26-17-7-6-14(8-18(17)25-4)19-22-15(10-27-19)11-28-20-16(9-21)12(2)13(3)23-24-20/h6-8,10H,5,11H2,1-4H3. The summed E-state index contributed by atoms with van der Waals surface area (Å²) in [6.45, 7) is 6.28. The minimum atomic E-state index is 0.584. The van der Waals surface area contributed by atoms with Gasteiger partial charge in [0.1, 0.15) is 16.1 Å². The molecule has 0 atom stereocenters. The number of aromatic nitrogens is 3. The number of ether oxygens (including phenoxy) is 2. The van der Waals surface area contributed by atoms with Crippen molar-refractivity contribution in [1.29, 1.82) is 5.26 Å². The summed E-state index contributed by atoms with van der Waals surface area (Å²) in [5, 5.41) is 21.3. The molecule has 0 saturated carbocycles. The van der Waals surface area contributed by atoms with E-state index in [2.05, 4.69) is 16.3 Å². The summed E-state index contributed by atoms with van der Waals surface area (Å²) in [5.74, 6) is 2.03. The van der Waals surface area contributed by atoms with E-state index in [1.165, 1.54) is 11.8 Å². The highest BCUT2D eigenvalue weighted by Gasteiger charge is 2.14. The summed E-state index contributed by atoms with van der Waals surface area (Å²) in [5.41, 5.74) is 4.15. The van der Waals surface area contributed by atoms with E-state index in [0.29, 0.717) is 28.7 Å². The van der Waals surface area contributed by atoms with Gasteiger partial charge in [0.05, 0.1) is 30.7 Å². The predicted molar refractivity (Wildman–Crippen MR) is 111 cm³/mol. The maximum Gasteiger partial charge on any atom is 0.161 e. The number of rotatable bonds is 7. The van der Waals surface area contributed by atoms with Crippen LogP contribution in [0.4, 0.5) is 0 Å². The molecule has 0 aliphatic carbocycles. The third kappa shape index (κ3) is 4.26. The molecule has 0 aliphatic heterocycles. The van der Waals surface area contributed by atoms with Crippen molar-refractivity contribution in [1.82, 2.24) is 15.2 Å². The smallest absolute Gasteiger partial charge is 0.161 e. The van der Waals surface area contributed by atoms with Crippen LogP contribution >= 0.6 is 23.1 Å². The maximum absolute atomic E-state index is 9.42. The molecule has 144 valence electrons. The van der Waals surface area contributed by atoms with Crippen LogP contribution in [-0.2, 0) is 5.75 Å². The van der Waals surface area contributed by atoms with Crippen molar-refractivity contribution in [3.8, 4) is 28.1 Å². The Morgan fingerprint density at radius 2 is 2.04 bits per heavy atom. The summed E-state index contributed by atoms with van der Waals surface area (Å²) >= 11 is 3.05. The molecule has 3 rings (SSSR count). The quantitative estimate of drug-likeness (QED) is 0.516. The summed E-state index contributed by atoms with van der Waals surface area (Å²) < 4.78 is 11.0. The molecule has 0 saturated heterocycles. The number of nitrogens with zero attached hydrogens (tertiary/aromatic N) is 4. The van der Waals surface area contributed by atoms with Crippen molar-refractivity contribution in [3.63, 3.8) is 0 Å². The Hall–Kier alpha value is -2.63. The summed E-state index contributed by atoms with van der Waals surface area (Å²) in [6.07, 6.45) is 0. The van der Waals surface area contributed by atoms with Crippen molar-refractivity contribution >= 4 is 23.1 Å². The van der Waals surface area contributed by atoms with Gasteiger partial charge in [0.25, 0.3) is 0 Å². The van der Waals surface area contributed by atoms with Gasteiger partial charge in [-0.05, 0) is 44.5 Å². The number of hydrogen-bond donors (Lipinski definition) is 0. The maximum atomic E-state index is 9.42. The van der Waals surface area contributed by atoms with Crippen molar-refractivity contribution < 1.29 is 9.47 Å². The molecule has 1 aromatic carbocycles. The summed E-state index contributed by atoms with van der Waals surface area (Å²) in [7, 11) is 1.63. The van der Waals surface area contributed by atoms with Gasteiger partial charge in [0.2, 0.25) is 0 Å². The van der Waals surface area contributed by atoms with E-state index in [1.54, 1.807) is 18.4 Å². The first-order chi connectivity index (χ1) is 13.6. The number of thioether (sulfide) groups is 1. The van der Waals surface area contributed by atoms with Gasteiger partial charge < -0.3 is 9.47 Å². The number of nitriles is 1. The fourth-order valence-corrected chi connectivity index (χ4v) is 4.34. The molecule has 8 heteroatoms. The largest absolute Gasteiger partial charge is 0.493 e. The number of aryl methyl sites for hydroxylation is 1. The molecule has 0 aliphatic rings. The molecule has 0 fully saturated rings. The van der Waals surface area contributed by atoms with E-state index in [-0.39, 0.29) is 0 Å². The van der Waals surface area contributed by atoms with Gasteiger partial charge in [-0.2, -0.15) is 10.4 Å². The highest BCUT2D eigenvalue weighted by Crippen LogP contribution is 2.35. The van der Waals surface area contributed by atoms with Crippen molar-refractivity contribution in [2.75, 3.05) is 13.7 Å². The Balaban J connectivity index is 1.77. The van der Waals surface area contributed by atoms with Gasteiger partial charge in [0.15, 0.2) is 11.5 Å². The third-order valence-electron chi connectivity index (χ3n) is 4.15. The van der Waals surface area contributed by atoms with Gasteiger partial charge >= 0.3 is 0 Å². The first-order valence-corrected chi connectivity index (χ1v) is 10.6. The van der Waals surface area contributed by atoms with Crippen molar-refractivity contribution in [2.45, 2.75) is 31.6 Å². The van der Waals surface area contributed by atoms with Crippen LogP contribution in [0.1, 0.15) is 29.4 Å². The zero-order valence-corrected chi connectivity index (χ0v) is 17.8. The number of benzene rings is 1. The minimum Gasteiger partial charge on any atom is -0.493 e. The number of thiazole rings is 1. The Labute approximate surface area is 172 Å². The molecule has 0 amide bonds. The van der Waals surface area contributed by atoms with Gasteiger partial charge in [-0.1, -0.05) is 11.8 Å². The van der Waals surface area contributed by atoms with Crippen LogP contribution in [0.15, 0.2) is 28.6 Å². The molecule has 6 nitrogen and oxygen atoms in total. The van der Waals surface area contributed by atoms with E-state index in [0.717, 1.165) is 33.3 Å². The summed E-state index contributed by atoms with van der Waals surface area (Å²) in [6, 6.07) is 8.05. The molecule has 0 N–H and O–H groups in total. The van der Waals surface area contributed by atoms with Crippen LogP contribution in [0.25, 0.3) is 10.6 Å². The molecule has 0 unspecified atom stereocenters. The van der Waals surface area contributed by atoms with E-state index >= 15 is 0 Å². The predicted octanol–water partition coefficient (Wildman–Crippen LogP) is 4.79. The highest BCUT2D eigenvalue weighted by molar-refractivity contribution is 7.98. The van der Waals surface area contributed by atoms with Crippen LogP contribution in [0.5, 0.6) is 11.5 Å². The van der Waals surface area contributed by atoms with E-state index < -0.39 is 0 Å². The van der Waals surface area contributed by atoms with Crippen LogP contribution in [0, 0.1) is 25.2 Å². The van der Waals surface area contributed by atoms with Crippen LogP contribution in [0.3, 0.4) is 0 Å². The topological polar surface area (TPSA) is 80.9 Å². The zero-order valence-electron chi connectivity index (χ0n) is 16.1. The summed E-state index contributed by atoms with van der Waals surface area (Å²) in [4.78, 5) is 4.71. The Morgan fingerprint density at radius 1 is 1.21 bits per heavy atom. The van der Waals surface area contributed by atoms with Crippen LogP contribution in [0.2, 0.25) is 0 Å². The second-order valence-corrected chi connectivity index (χ2v) is 7.76. The molecule has 2 aromatic heterocycles. The number of methoxy groups -OCH3 is 1. The Morgan fingerprint density at radius 3 is 2.75 bits per heavy atom.